The standard InChI is InChI=1S/C16H25N3O2/c1-2-18-15(21)12-6-7-13(17)14(10-12)19-16(11-20)8-4-3-5-9-16/h6-7,10,19-20H,2-5,8-9,11,17H2,1H3,(H,18,21). The molecule has 21 heavy (non-hydrogen) atoms. The van der Waals surface area contributed by atoms with Crippen molar-refractivity contribution < 1.29 is 9.90 Å². The molecular formula is C16H25N3O2. The molecule has 1 aliphatic rings. The number of nitrogens with two attached hydrogens (primary N) is 1. The lowest BCUT2D eigenvalue weighted by atomic mass is 9.82. The Bertz CT molecular complexity index is 496. The lowest BCUT2D eigenvalue weighted by Crippen LogP contribution is -2.44. The van der Waals surface area contributed by atoms with Gasteiger partial charge in [0.05, 0.1) is 23.5 Å². The first-order valence-corrected chi connectivity index (χ1v) is 7.67. The summed E-state index contributed by atoms with van der Waals surface area (Å²) in [7, 11) is 0. The van der Waals surface area contributed by atoms with Gasteiger partial charge >= 0.3 is 0 Å². The molecule has 1 amide bonds. The number of carbonyl (C=O) groups excluding carboxylic acids is 1. The molecule has 0 atom stereocenters. The lowest BCUT2D eigenvalue weighted by molar-refractivity contribution is 0.0956. The zero-order valence-corrected chi connectivity index (χ0v) is 12.6. The maximum absolute atomic E-state index is 11.9. The third-order valence-corrected chi connectivity index (χ3v) is 4.17. The van der Waals surface area contributed by atoms with Crippen molar-refractivity contribution >= 4 is 17.3 Å². The van der Waals surface area contributed by atoms with Gasteiger partial charge in [-0.15, -0.1) is 0 Å². The van der Waals surface area contributed by atoms with Gasteiger partial charge in [0.1, 0.15) is 0 Å². The van der Waals surface area contributed by atoms with E-state index in [0.29, 0.717) is 17.8 Å². The first-order chi connectivity index (χ1) is 10.1. The van der Waals surface area contributed by atoms with Crippen LogP contribution in [0.2, 0.25) is 0 Å². The minimum absolute atomic E-state index is 0.0812. The summed E-state index contributed by atoms with van der Waals surface area (Å²) in [5.41, 5.74) is 7.62. The quantitative estimate of drug-likeness (QED) is 0.626. The number of carbonyl (C=O) groups is 1. The summed E-state index contributed by atoms with van der Waals surface area (Å²) in [5, 5.41) is 15.9. The smallest absolute Gasteiger partial charge is 0.251 e. The fourth-order valence-electron chi connectivity index (χ4n) is 2.91. The highest BCUT2D eigenvalue weighted by Gasteiger charge is 2.31. The summed E-state index contributed by atoms with van der Waals surface area (Å²) < 4.78 is 0. The SMILES string of the molecule is CCNC(=O)c1ccc(N)c(NC2(CO)CCCCC2)c1. The van der Waals surface area contributed by atoms with Crippen molar-refractivity contribution in [3.63, 3.8) is 0 Å². The number of nitrogens with one attached hydrogen (secondary N) is 2. The number of aliphatic hydroxyl groups is 1. The largest absolute Gasteiger partial charge is 0.397 e. The number of anilines is 2. The van der Waals surface area contributed by atoms with E-state index >= 15 is 0 Å². The zero-order chi connectivity index (χ0) is 15.3. The van der Waals surface area contributed by atoms with E-state index in [9.17, 15) is 9.90 Å². The highest BCUT2D eigenvalue weighted by Crippen LogP contribution is 2.33. The van der Waals surface area contributed by atoms with Crippen molar-refractivity contribution in [3.8, 4) is 0 Å². The number of hydrogen-bond donors (Lipinski definition) is 4. The van der Waals surface area contributed by atoms with Crippen LogP contribution in [0.15, 0.2) is 18.2 Å². The van der Waals surface area contributed by atoms with Crippen molar-refractivity contribution in [1.29, 1.82) is 0 Å². The van der Waals surface area contributed by atoms with E-state index in [2.05, 4.69) is 10.6 Å². The van der Waals surface area contributed by atoms with E-state index < -0.39 is 0 Å². The highest BCUT2D eigenvalue weighted by molar-refractivity contribution is 5.96. The molecule has 1 fully saturated rings. The third kappa shape index (κ3) is 3.67. The Labute approximate surface area is 125 Å². The first kappa shape index (κ1) is 15.6. The Balaban J connectivity index is 2.21. The monoisotopic (exact) mass is 291 g/mol. The van der Waals surface area contributed by atoms with Crippen molar-refractivity contribution in [2.24, 2.45) is 0 Å². The Morgan fingerprint density at radius 1 is 1.33 bits per heavy atom. The van der Waals surface area contributed by atoms with E-state index in [1.165, 1.54) is 6.42 Å². The molecule has 5 heteroatoms. The summed E-state index contributed by atoms with van der Waals surface area (Å²) in [4.78, 5) is 11.9. The Hall–Kier alpha value is -1.75. The van der Waals surface area contributed by atoms with Crippen LogP contribution in [0, 0.1) is 0 Å². The molecule has 116 valence electrons. The molecule has 1 saturated carbocycles. The predicted octanol–water partition coefficient (Wildman–Crippen LogP) is 2.13. The van der Waals surface area contributed by atoms with E-state index in [1.807, 2.05) is 6.92 Å². The van der Waals surface area contributed by atoms with Crippen LogP contribution < -0.4 is 16.4 Å². The van der Waals surface area contributed by atoms with Crippen LogP contribution in [-0.2, 0) is 0 Å². The number of amides is 1. The van der Waals surface area contributed by atoms with Gasteiger partial charge in [-0.3, -0.25) is 4.79 Å². The van der Waals surface area contributed by atoms with Gasteiger partial charge in [0, 0.05) is 12.1 Å². The Kier molecular flexibility index (Phi) is 5.07. The molecule has 0 aliphatic heterocycles. The molecule has 5 nitrogen and oxygen atoms in total. The number of aliphatic hydroxyl groups excluding tert-OH is 1. The average Bonchev–Trinajstić information content (AvgIpc) is 2.50. The summed E-state index contributed by atoms with van der Waals surface area (Å²) in [6, 6.07) is 5.23. The van der Waals surface area contributed by atoms with Gasteiger partial charge in [-0.25, -0.2) is 0 Å². The topological polar surface area (TPSA) is 87.4 Å². The normalized spacial score (nSPS) is 17.2. The Morgan fingerprint density at radius 3 is 2.67 bits per heavy atom. The third-order valence-electron chi connectivity index (χ3n) is 4.17. The van der Waals surface area contributed by atoms with E-state index in [0.717, 1.165) is 31.4 Å². The molecule has 1 aliphatic carbocycles. The molecule has 0 radical (unpaired) electrons. The molecule has 0 spiro atoms. The first-order valence-electron chi connectivity index (χ1n) is 7.67. The molecule has 0 unspecified atom stereocenters. The van der Waals surface area contributed by atoms with E-state index in [4.69, 9.17) is 5.73 Å². The minimum Gasteiger partial charge on any atom is -0.397 e. The molecule has 0 saturated heterocycles. The maximum atomic E-state index is 11.9. The number of nitrogen functional groups attached to an aromatic ring is 1. The second kappa shape index (κ2) is 6.80. The molecule has 1 aromatic rings. The molecule has 5 N–H and O–H groups in total. The van der Waals surface area contributed by atoms with Crippen molar-refractivity contribution in [2.75, 3.05) is 24.2 Å². The van der Waals surface area contributed by atoms with Crippen molar-refractivity contribution in [2.45, 2.75) is 44.6 Å². The van der Waals surface area contributed by atoms with Crippen LogP contribution >= 0.6 is 0 Å². The van der Waals surface area contributed by atoms with Crippen LogP contribution in [0.4, 0.5) is 11.4 Å². The van der Waals surface area contributed by atoms with Crippen LogP contribution in [0.25, 0.3) is 0 Å². The fraction of sp³-hybridized carbons (Fsp3) is 0.562. The number of hydrogen-bond acceptors (Lipinski definition) is 4. The van der Waals surface area contributed by atoms with Gasteiger partial charge in [-0.2, -0.15) is 0 Å². The molecule has 0 aromatic heterocycles. The summed E-state index contributed by atoms with van der Waals surface area (Å²) >= 11 is 0. The van der Waals surface area contributed by atoms with E-state index in [1.54, 1.807) is 18.2 Å². The van der Waals surface area contributed by atoms with Crippen molar-refractivity contribution in [3.05, 3.63) is 23.8 Å². The second-order valence-electron chi connectivity index (χ2n) is 5.79. The zero-order valence-electron chi connectivity index (χ0n) is 12.6. The number of benzene rings is 1. The number of rotatable bonds is 5. The maximum Gasteiger partial charge on any atom is 0.251 e. The van der Waals surface area contributed by atoms with Crippen molar-refractivity contribution in [1.82, 2.24) is 5.32 Å². The predicted molar refractivity (Wildman–Crippen MR) is 85.4 cm³/mol. The molecule has 0 bridgehead atoms. The van der Waals surface area contributed by atoms with Gasteiger partial charge < -0.3 is 21.5 Å². The minimum atomic E-state index is -0.313. The second-order valence-corrected chi connectivity index (χ2v) is 5.79. The summed E-state index contributed by atoms with van der Waals surface area (Å²) in [6.07, 6.45) is 5.26. The molecule has 1 aromatic carbocycles. The fourth-order valence-corrected chi connectivity index (χ4v) is 2.91. The van der Waals surface area contributed by atoms with Crippen LogP contribution in [0.5, 0.6) is 0 Å². The van der Waals surface area contributed by atoms with Crippen LogP contribution in [0.1, 0.15) is 49.4 Å². The summed E-state index contributed by atoms with van der Waals surface area (Å²) in [6.45, 7) is 2.56. The summed E-state index contributed by atoms with van der Waals surface area (Å²) in [5.74, 6) is -0.109. The highest BCUT2D eigenvalue weighted by atomic mass is 16.3. The van der Waals surface area contributed by atoms with Crippen LogP contribution in [-0.4, -0.2) is 29.7 Å². The lowest BCUT2D eigenvalue weighted by Gasteiger charge is -2.37. The average molecular weight is 291 g/mol. The Morgan fingerprint density at radius 2 is 2.05 bits per heavy atom. The molecular weight excluding hydrogens is 266 g/mol. The van der Waals surface area contributed by atoms with Crippen LogP contribution in [0.3, 0.4) is 0 Å². The molecule has 2 rings (SSSR count). The van der Waals surface area contributed by atoms with Gasteiger partial charge in [0.2, 0.25) is 0 Å². The van der Waals surface area contributed by atoms with Gasteiger partial charge in [-0.1, -0.05) is 19.3 Å². The van der Waals surface area contributed by atoms with Gasteiger partial charge in [0.25, 0.3) is 5.91 Å². The van der Waals surface area contributed by atoms with Gasteiger partial charge in [0.15, 0.2) is 0 Å². The molecule has 0 heterocycles. The van der Waals surface area contributed by atoms with Gasteiger partial charge in [-0.05, 0) is 38.0 Å². The van der Waals surface area contributed by atoms with E-state index in [-0.39, 0.29) is 18.1 Å².